The first-order chi connectivity index (χ1) is 7.01. The Kier molecular flexibility index (Phi) is 6.15. The molecule has 0 rings (SSSR count). The van der Waals surface area contributed by atoms with E-state index in [4.69, 9.17) is 0 Å². The van der Waals surface area contributed by atoms with Crippen LogP contribution in [-0.2, 0) is 11.3 Å². The average Bonchev–Trinajstić information content (AvgIpc) is 1.98. The number of rotatable bonds is 5. The van der Waals surface area contributed by atoms with Crippen molar-refractivity contribution in [3.63, 3.8) is 0 Å². The van der Waals surface area contributed by atoms with Gasteiger partial charge in [-0.25, -0.2) is 8.51 Å². The molecule has 0 aliphatic carbocycles. The first-order valence-corrected chi connectivity index (χ1v) is 6.94. The predicted octanol–water partition coefficient (Wildman–Crippen LogP) is 3.30. The molecule has 98 valence electrons. The SMILES string of the molecule is CC(C)(C)CCN(CCC(C)(C)C)S(=O)O. The maximum absolute atomic E-state index is 11.2. The van der Waals surface area contributed by atoms with Crippen LogP contribution in [0.5, 0.6) is 0 Å². The summed E-state index contributed by atoms with van der Waals surface area (Å²) in [6.45, 7) is 14.3. The van der Waals surface area contributed by atoms with Crippen molar-refractivity contribution in [3.8, 4) is 0 Å². The van der Waals surface area contributed by atoms with Crippen LogP contribution in [0.4, 0.5) is 0 Å². The van der Waals surface area contributed by atoms with Gasteiger partial charge in [0, 0.05) is 13.1 Å². The van der Waals surface area contributed by atoms with Crippen molar-refractivity contribution in [2.75, 3.05) is 13.1 Å². The van der Waals surface area contributed by atoms with Crippen LogP contribution in [0.3, 0.4) is 0 Å². The van der Waals surface area contributed by atoms with Crippen molar-refractivity contribution >= 4 is 11.3 Å². The van der Waals surface area contributed by atoms with Crippen molar-refractivity contribution in [2.24, 2.45) is 10.8 Å². The molecule has 0 aromatic carbocycles. The number of nitrogens with zero attached hydrogens (tertiary/aromatic N) is 1. The minimum absolute atomic E-state index is 0.208. The van der Waals surface area contributed by atoms with Crippen LogP contribution in [0, 0.1) is 10.8 Å². The molecule has 0 heterocycles. The predicted molar refractivity (Wildman–Crippen MR) is 70.5 cm³/mol. The van der Waals surface area contributed by atoms with Gasteiger partial charge < -0.3 is 0 Å². The van der Waals surface area contributed by atoms with Gasteiger partial charge in [-0.15, -0.1) is 0 Å². The highest BCUT2D eigenvalue weighted by molar-refractivity contribution is 7.76. The van der Waals surface area contributed by atoms with E-state index in [0.717, 1.165) is 12.8 Å². The zero-order valence-electron chi connectivity index (χ0n) is 11.5. The minimum atomic E-state index is -1.84. The van der Waals surface area contributed by atoms with E-state index in [9.17, 15) is 8.76 Å². The lowest BCUT2D eigenvalue weighted by molar-refractivity contribution is 0.272. The molecule has 0 fully saturated rings. The Hall–Kier alpha value is 0.0700. The van der Waals surface area contributed by atoms with Gasteiger partial charge >= 0.3 is 0 Å². The van der Waals surface area contributed by atoms with Gasteiger partial charge in [-0.3, -0.25) is 4.55 Å². The summed E-state index contributed by atoms with van der Waals surface area (Å²) in [7, 11) is 0. The fourth-order valence-corrected chi connectivity index (χ4v) is 1.68. The highest BCUT2D eigenvalue weighted by atomic mass is 32.2. The Morgan fingerprint density at radius 3 is 1.44 bits per heavy atom. The summed E-state index contributed by atoms with van der Waals surface area (Å²) in [5.74, 6) is 0. The standard InChI is InChI=1S/C12H27NO2S/c1-11(2,3)7-9-13(16(14)15)10-8-12(4,5)6/h7-10H2,1-6H3,(H,14,15). The van der Waals surface area contributed by atoms with Crippen LogP contribution < -0.4 is 0 Å². The summed E-state index contributed by atoms with van der Waals surface area (Å²) in [5, 5.41) is 0. The lowest BCUT2D eigenvalue weighted by Crippen LogP contribution is -2.32. The molecule has 4 heteroatoms. The van der Waals surface area contributed by atoms with Gasteiger partial charge in [0.2, 0.25) is 11.3 Å². The van der Waals surface area contributed by atoms with E-state index in [1.165, 1.54) is 0 Å². The van der Waals surface area contributed by atoms with E-state index in [2.05, 4.69) is 41.5 Å². The van der Waals surface area contributed by atoms with E-state index in [1.54, 1.807) is 4.31 Å². The molecule has 1 N–H and O–H groups in total. The first kappa shape index (κ1) is 16.1. The Balaban J connectivity index is 4.15. The third kappa shape index (κ3) is 9.31. The lowest BCUT2D eigenvalue weighted by Gasteiger charge is -2.26. The molecule has 0 saturated carbocycles. The van der Waals surface area contributed by atoms with Crippen LogP contribution in [0.15, 0.2) is 0 Å². The summed E-state index contributed by atoms with van der Waals surface area (Å²) < 4.78 is 22.0. The maximum atomic E-state index is 11.2. The zero-order valence-corrected chi connectivity index (χ0v) is 12.4. The molecule has 0 aromatic rings. The quantitative estimate of drug-likeness (QED) is 0.759. The molecular formula is C12H27NO2S. The molecule has 16 heavy (non-hydrogen) atoms. The smallest absolute Gasteiger partial charge is 0.234 e. The van der Waals surface area contributed by atoms with Crippen LogP contribution >= 0.6 is 0 Å². The normalized spacial score (nSPS) is 15.5. The summed E-state index contributed by atoms with van der Waals surface area (Å²) in [5.41, 5.74) is 0.415. The van der Waals surface area contributed by atoms with Crippen LogP contribution in [0.2, 0.25) is 0 Å². The van der Waals surface area contributed by atoms with Gasteiger partial charge in [0.15, 0.2) is 0 Å². The molecular weight excluding hydrogens is 222 g/mol. The molecule has 0 bridgehead atoms. The van der Waals surface area contributed by atoms with Crippen LogP contribution in [0.1, 0.15) is 54.4 Å². The summed E-state index contributed by atoms with van der Waals surface area (Å²) in [6.07, 6.45) is 1.87. The summed E-state index contributed by atoms with van der Waals surface area (Å²) in [6, 6.07) is 0. The second-order valence-electron chi connectivity index (χ2n) is 6.78. The van der Waals surface area contributed by atoms with Gasteiger partial charge in [-0.05, 0) is 23.7 Å². The highest BCUT2D eigenvalue weighted by Crippen LogP contribution is 2.22. The Morgan fingerprint density at radius 1 is 0.938 bits per heavy atom. The molecule has 1 unspecified atom stereocenters. The van der Waals surface area contributed by atoms with Crippen LogP contribution in [-0.4, -0.2) is 26.2 Å². The summed E-state index contributed by atoms with van der Waals surface area (Å²) in [4.78, 5) is 0. The van der Waals surface area contributed by atoms with Crippen molar-refractivity contribution in [1.29, 1.82) is 0 Å². The second kappa shape index (κ2) is 6.12. The second-order valence-corrected chi connectivity index (χ2v) is 7.76. The largest absolute Gasteiger partial charge is 0.294 e. The molecule has 0 aliphatic rings. The third-order valence-electron chi connectivity index (χ3n) is 2.44. The fourth-order valence-electron chi connectivity index (χ4n) is 1.19. The molecule has 0 aromatic heterocycles. The third-order valence-corrected chi connectivity index (χ3v) is 3.25. The van der Waals surface area contributed by atoms with Crippen molar-refractivity contribution in [2.45, 2.75) is 54.4 Å². The van der Waals surface area contributed by atoms with Gasteiger partial charge in [0.05, 0.1) is 0 Å². The van der Waals surface area contributed by atoms with E-state index in [1.807, 2.05) is 0 Å². The number of hydrogen-bond acceptors (Lipinski definition) is 1. The molecule has 0 radical (unpaired) electrons. The maximum Gasteiger partial charge on any atom is 0.234 e. The van der Waals surface area contributed by atoms with E-state index < -0.39 is 11.3 Å². The van der Waals surface area contributed by atoms with Crippen LogP contribution in [0.25, 0.3) is 0 Å². The average molecular weight is 249 g/mol. The fraction of sp³-hybridized carbons (Fsp3) is 1.00. The van der Waals surface area contributed by atoms with Gasteiger partial charge in [0.25, 0.3) is 0 Å². The molecule has 0 spiro atoms. The molecule has 0 aliphatic heterocycles. The van der Waals surface area contributed by atoms with E-state index in [-0.39, 0.29) is 10.8 Å². The Labute approximate surface area is 103 Å². The van der Waals surface area contributed by atoms with Crippen molar-refractivity contribution in [3.05, 3.63) is 0 Å². The van der Waals surface area contributed by atoms with Crippen molar-refractivity contribution in [1.82, 2.24) is 4.31 Å². The highest BCUT2D eigenvalue weighted by Gasteiger charge is 2.19. The Morgan fingerprint density at radius 2 is 1.25 bits per heavy atom. The molecule has 3 nitrogen and oxygen atoms in total. The topological polar surface area (TPSA) is 40.5 Å². The van der Waals surface area contributed by atoms with Crippen molar-refractivity contribution < 1.29 is 8.76 Å². The van der Waals surface area contributed by atoms with Gasteiger partial charge in [0.1, 0.15) is 0 Å². The molecule has 0 saturated heterocycles. The Bertz CT molecular complexity index is 210. The lowest BCUT2D eigenvalue weighted by atomic mass is 9.91. The molecule has 1 atom stereocenters. The van der Waals surface area contributed by atoms with E-state index >= 15 is 0 Å². The number of hydrogen-bond donors (Lipinski definition) is 1. The van der Waals surface area contributed by atoms with Gasteiger partial charge in [-0.1, -0.05) is 41.5 Å². The minimum Gasteiger partial charge on any atom is -0.294 e. The summed E-state index contributed by atoms with van der Waals surface area (Å²) >= 11 is -1.84. The zero-order chi connectivity index (χ0) is 13.0. The van der Waals surface area contributed by atoms with E-state index in [0.29, 0.717) is 13.1 Å². The van der Waals surface area contributed by atoms with Gasteiger partial charge in [-0.2, -0.15) is 0 Å². The molecule has 0 amide bonds. The first-order valence-electron chi connectivity index (χ1n) is 5.87. The monoisotopic (exact) mass is 249 g/mol.